The van der Waals surface area contributed by atoms with Gasteiger partial charge in [0.15, 0.2) is 18.1 Å². The number of esters is 1. The average molecular weight is 419 g/mol. The lowest BCUT2D eigenvalue weighted by molar-refractivity contribution is -0.119. The molecule has 7 nitrogen and oxygen atoms in total. The van der Waals surface area contributed by atoms with Crippen LogP contribution in [0.5, 0.6) is 11.5 Å². The van der Waals surface area contributed by atoms with Gasteiger partial charge in [-0.25, -0.2) is 4.79 Å². The number of amides is 1. The van der Waals surface area contributed by atoms with E-state index in [1.807, 2.05) is 13.8 Å². The van der Waals surface area contributed by atoms with E-state index in [0.717, 1.165) is 0 Å². The van der Waals surface area contributed by atoms with Crippen molar-refractivity contribution in [3.05, 3.63) is 48.0 Å². The van der Waals surface area contributed by atoms with E-state index in [1.54, 1.807) is 43.3 Å². The number of carbonyl (C=O) groups excluding carboxylic acids is 2. The second-order valence-electron chi connectivity index (χ2n) is 5.78. The molecule has 29 heavy (non-hydrogen) atoms. The molecule has 0 aromatic heterocycles. The molecule has 8 heteroatoms. The summed E-state index contributed by atoms with van der Waals surface area (Å²) >= 11 is 0. The molecule has 2 rings (SSSR count). The van der Waals surface area contributed by atoms with Gasteiger partial charge in [0.1, 0.15) is 0 Å². The fourth-order valence-electron chi connectivity index (χ4n) is 2.52. The third kappa shape index (κ3) is 6.32. The van der Waals surface area contributed by atoms with E-state index < -0.39 is 29.3 Å². The molecule has 0 aliphatic rings. The second-order valence-corrected chi connectivity index (χ2v) is 7.49. The molecule has 1 atom stereocenters. The van der Waals surface area contributed by atoms with E-state index in [1.165, 1.54) is 6.07 Å². The number of ether oxygens (including phenoxy) is 3. The van der Waals surface area contributed by atoms with Crippen LogP contribution >= 0.6 is 0 Å². The van der Waals surface area contributed by atoms with Crippen LogP contribution in [-0.4, -0.2) is 41.7 Å². The summed E-state index contributed by atoms with van der Waals surface area (Å²) in [4.78, 5) is 24.9. The zero-order valence-electron chi connectivity index (χ0n) is 16.7. The van der Waals surface area contributed by atoms with Gasteiger partial charge in [0.2, 0.25) is 0 Å². The average Bonchev–Trinajstić information content (AvgIpc) is 2.73. The summed E-state index contributed by atoms with van der Waals surface area (Å²) in [6.07, 6.45) is 0. The highest BCUT2D eigenvalue weighted by Crippen LogP contribution is 2.30. The lowest BCUT2D eigenvalue weighted by Gasteiger charge is -2.13. The van der Waals surface area contributed by atoms with Crippen LogP contribution in [0.3, 0.4) is 0 Å². The molecular formula is C21H25NO6S. The Morgan fingerprint density at radius 2 is 1.66 bits per heavy atom. The second kappa shape index (κ2) is 11.2. The molecule has 0 aliphatic heterocycles. The Kier molecular flexibility index (Phi) is 8.67. The van der Waals surface area contributed by atoms with Gasteiger partial charge in [-0.05, 0) is 38.1 Å². The first-order valence-corrected chi connectivity index (χ1v) is 10.7. The fraction of sp³-hybridized carbons (Fsp3) is 0.333. The number of benzene rings is 2. The molecule has 0 unspecified atom stereocenters. The van der Waals surface area contributed by atoms with Gasteiger partial charge in [0, 0.05) is 17.5 Å². The van der Waals surface area contributed by atoms with Crippen LogP contribution in [0.4, 0.5) is 5.69 Å². The highest BCUT2D eigenvalue weighted by Gasteiger charge is 2.17. The van der Waals surface area contributed by atoms with E-state index in [2.05, 4.69) is 5.32 Å². The maximum atomic E-state index is 12.3. The lowest BCUT2D eigenvalue weighted by Crippen LogP contribution is -2.21. The van der Waals surface area contributed by atoms with E-state index in [-0.39, 0.29) is 5.56 Å². The Morgan fingerprint density at radius 3 is 2.34 bits per heavy atom. The SMILES string of the molecule is CCOc1ccc(NC(=O)COC(=O)c2ccccc2[S@@](=O)CC)cc1OCC. The maximum absolute atomic E-state index is 12.3. The molecule has 2 aromatic rings. The number of nitrogens with one attached hydrogen (secondary N) is 1. The van der Waals surface area contributed by atoms with Gasteiger partial charge in [-0.2, -0.15) is 0 Å². The van der Waals surface area contributed by atoms with E-state index in [9.17, 15) is 13.8 Å². The molecule has 1 amide bonds. The predicted molar refractivity (Wildman–Crippen MR) is 111 cm³/mol. The van der Waals surface area contributed by atoms with Crippen molar-refractivity contribution in [2.75, 3.05) is 30.9 Å². The van der Waals surface area contributed by atoms with E-state index in [0.29, 0.717) is 41.0 Å². The minimum atomic E-state index is -1.30. The Labute approximate surface area is 172 Å². The molecular weight excluding hydrogens is 394 g/mol. The lowest BCUT2D eigenvalue weighted by atomic mass is 10.2. The summed E-state index contributed by atoms with van der Waals surface area (Å²) in [5.41, 5.74) is 0.686. The number of anilines is 1. The summed E-state index contributed by atoms with van der Waals surface area (Å²) in [7, 11) is -1.30. The monoisotopic (exact) mass is 419 g/mol. The van der Waals surface area contributed by atoms with Gasteiger partial charge in [-0.15, -0.1) is 0 Å². The van der Waals surface area contributed by atoms with E-state index in [4.69, 9.17) is 14.2 Å². The van der Waals surface area contributed by atoms with Crippen LogP contribution in [0, 0.1) is 0 Å². The van der Waals surface area contributed by atoms with Gasteiger partial charge in [-0.1, -0.05) is 19.1 Å². The Morgan fingerprint density at radius 1 is 0.966 bits per heavy atom. The van der Waals surface area contributed by atoms with Crippen molar-refractivity contribution in [3.8, 4) is 11.5 Å². The summed E-state index contributed by atoms with van der Waals surface area (Å²) in [5, 5.41) is 2.65. The molecule has 156 valence electrons. The summed E-state index contributed by atoms with van der Waals surface area (Å²) in [6, 6.07) is 11.5. The first-order valence-electron chi connectivity index (χ1n) is 9.34. The van der Waals surface area contributed by atoms with Crippen LogP contribution in [0.15, 0.2) is 47.4 Å². The Bertz CT molecular complexity index is 883. The minimum Gasteiger partial charge on any atom is -0.490 e. The van der Waals surface area contributed by atoms with Crippen molar-refractivity contribution >= 4 is 28.4 Å². The summed E-state index contributed by atoms with van der Waals surface area (Å²) in [6.45, 7) is 5.96. The quantitative estimate of drug-likeness (QED) is 0.594. The number of hydrogen-bond acceptors (Lipinski definition) is 6. The zero-order chi connectivity index (χ0) is 21.2. The third-order valence-electron chi connectivity index (χ3n) is 3.78. The van der Waals surface area contributed by atoms with Crippen molar-refractivity contribution in [3.63, 3.8) is 0 Å². The minimum absolute atomic E-state index is 0.195. The highest BCUT2D eigenvalue weighted by molar-refractivity contribution is 7.85. The molecule has 0 saturated heterocycles. The fourth-order valence-corrected chi connectivity index (χ4v) is 3.46. The normalized spacial score (nSPS) is 11.4. The first kappa shape index (κ1) is 22.4. The predicted octanol–water partition coefficient (Wildman–Crippen LogP) is 3.41. The number of rotatable bonds is 10. The molecule has 0 heterocycles. The van der Waals surface area contributed by atoms with Crippen LogP contribution in [0.2, 0.25) is 0 Å². The van der Waals surface area contributed by atoms with Gasteiger partial charge in [0.25, 0.3) is 5.91 Å². The zero-order valence-corrected chi connectivity index (χ0v) is 17.5. The van der Waals surface area contributed by atoms with Crippen molar-refractivity contribution < 1.29 is 28.0 Å². The molecule has 0 saturated carbocycles. The van der Waals surface area contributed by atoms with Gasteiger partial charge in [0.05, 0.1) is 34.5 Å². The highest BCUT2D eigenvalue weighted by atomic mass is 32.2. The van der Waals surface area contributed by atoms with Crippen LogP contribution in [0.1, 0.15) is 31.1 Å². The summed E-state index contributed by atoms with van der Waals surface area (Å²) in [5.74, 6) is 0.280. The Balaban J connectivity index is 2.01. The van der Waals surface area contributed by atoms with Crippen LogP contribution in [0.25, 0.3) is 0 Å². The topological polar surface area (TPSA) is 90.9 Å². The molecule has 0 bridgehead atoms. The van der Waals surface area contributed by atoms with Gasteiger partial charge in [-0.3, -0.25) is 9.00 Å². The van der Waals surface area contributed by atoms with Gasteiger partial charge < -0.3 is 19.5 Å². The van der Waals surface area contributed by atoms with Crippen molar-refractivity contribution in [1.29, 1.82) is 0 Å². The molecule has 0 radical (unpaired) electrons. The maximum Gasteiger partial charge on any atom is 0.339 e. The third-order valence-corrected chi connectivity index (χ3v) is 5.15. The largest absolute Gasteiger partial charge is 0.490 e. The standard InChI is InChI=1S/C21H25NO6S/c1-4-26-17-12-11-15(13-18(17)27-5-2)22-20(23)14-28-21(24)16-9-7-8-10-19(16)29(25)6-3/h7-13H,4-6,14H2,1-3H3,(H,22,23)/t29-/m0/s1. The summed E-state index contributed by atoms with van der Waals surface area (Å²) < 4.78 is 28.2. The smallest absolute Gasteiger partial charge is 0.339 e. The Hall–Kier alpha value is -2.87. The molecule has 0 aliphatic carbocycles. The number of hydrogen-bond donors (Lipinski definition) is 1. The van der Waals surface area contributed by atoms with Crippen molar-refractivity contribution in [2.45, 2.75) is 25.7 Å². The molecule has 1 N–H and O–H groups in total. The molecule has 2 aromatic carbocycles. The number of carbonyl (C=O) groups is 2. The van der Waals surface area contributed by atoms with Gasteiger partial charge >= 0.3 is 5.97 Å². The van der Waals surface area contributed by atoms with Crippen LogP contribution < -0.4 is 14.8 Å². The van der Waals surface area contributed by atoms with Crippen molar-refractivity contribution in [1.82, 2.24) is 0 Å². The molecule has 0 fully saturated rings. The molecule has 0 spiro atoms. The first-order chi connectivity index (χ1) is 14.0. The van der Waals surface area contributed by atoms with Crippen molar-refractivity contribution in [2.24, 2.45) is 0 Å². The van der Waals surface area contributed by atoms with Crippen LogP contribution in [-0.2, 0) is 20.3 Å². The van der Waals surface area contributed by atoms with E-state index >= 15 is 0 Å².